The highest BCUT2D eigenvalue weighted by molar-refractivity contribution is 5.71. The molecule has 110 valence electrons. The Morgan fingerprint density at radius 3 is 2.85 bits per heavy atom. The van der Waals surface area contributed by atoms with Crippen molar-refractivity contribution in [3.05, 3.63) is 23.8 Å². The predicted octanol–water partition coefficient (Wildman–Crippen LogP) is 2.09. The van der Waals surface area contributed by atoms with Crippen molar-refractivity contribution in [2.75, 3.05) is 13.2 Å². The number of hydrogen-bond acceptors (Lipinski definition) is 4. The van der Waals surface area contributed by atoms with E-state index in [1.807, 2.05) is 26.0 Å². The number of phenolic OH excluding ortho intramolecular Hbond substituents is 1. The van der Waals surface area contributed by atoms with E-state index >= 15 is 0 Å². The Balaban J connectivity index is 2.07. The van der Waals surface area contributed by atoms with Gasteiger partial charge in [-0.3, -0.25) is 9.69 Å². The fourth-order valence-electron chi connectivity index (χ4n) is 2.72. The van der Waals surface area contributed by atoms with E-state index in [9.17, 15) is 9.90 Å². The summed E-state index contributed by atoms with van der Waals surface area (Å²) < 4.78 is 5.37. The van der Waals surface area contributed by atoms with Gasteiger partial charge in [0.2, 0.25) is 0 Å². The van der Waals surface area contributed by atoms with Gasteiger partial charge in [0.05, 0.1) is 12.5 Å². The molecule has 2 rings (SSSR count). The summed E-state index contributed by atoms with van der Waals surface area (Å²) in [6.07, 6.45) is 0.687. The first-order valence-electron chi connectivity index (χ1n) is 6.94. The van der Waals surface area contributed by atoms with Crippen molar-refractivity contribution in [2.24, 2.45) is 5.92 Å². The number of likely N-dealkylation sites (tertiary alicyclic amines) is 1. The number of carboxylic acid groups (broad SMARTS) is 1. The third-order valence-electron chi connectivity index (χ3n) is 3.91. The van der Waals surface area contributed by atoms with E-state index < -0.39 is 5.97 Å². The second kappa shape index (κ2) is 6.13. The summed E-state index contributed by atoms with van der Waals surface area (Å²) in [5, 5.41) is 18.8. The van der Waals surface area contributed by atoms with Crippen LogP contribution < -0.4 is 4.74 Å². The van der Waals surface area contributed by atoms with Crippen molar-refractivity contribution in [3.8, 4) is 11.5 Å². The maximum atomic E-state index is 11.1. The van der Waals surface area contributed by atoms with Crippen molar-refractivity contribution < 1.29 is 19.7 Å². The smallest absolute Gasteiger partial charge is 0.308 e. The predicted molar refractivity (Wildman–Crippen MR) is 74.9 cm³/mol. The number of carbonyl (C=O) groups is 1. The number of aromatic hydroxyl groups is 1. The fourth-order valence-corrected chi connectivity index (χ4v) is 2.72. The van der Waals surface area contributed by atoms with E-state index in [4.69, 9.17) is 9.84 Å². The zero-order valence-corrected chi connectivity index (χ0v) is 11.9. The Kier molecular flexibility index (Phi) is 4.49. The van der Waals surface area contributed by atoms with Gasteiger partial charge in [0.15, 0.2) is 11.5 Å². The summed E-state index contributed by atoms with van der Waals surface area (Å²) in [6, 6.07) is 5.31. The van der Waals surface area contributed by atoms with Gasteiger partial charge in [-0.05, 0) is 44.5 Å². The molecule has 1 aromatic carbocycles. The van der Waals surface area contributed by atoms with Crippen LogP contribution in [0.2, 0.25) is 0 Å². The SMILES string of the molecule is CCOc1cc(CN2CCC(C(=O)O)C2C)ccc1O. The van der Waals surface area contributed by atoms with Crippen molar-refractivity contribution in [2.45, 2.75) is 32.9 Å². The minimum atomic E-state index is -0.722. The summed E-state index contributed by atoms with van der Waals surface area (Å²) in [4.78, 5) is 13.3. The topological polar surface area (TPSA) is 70.0 Å². The summed E-state index contributed by atoms with van der Waals surface area (Å²) in [6.45, 7) is 5.77. The molecule has 0 aliphatic carbocycles. The maximum Gasteiger partial charge on any atom is 0.308 e. The molecule has 1 fully saturated rings. The first-order valence-corrected chi connectivity index (χ1v) is 6.94. The molecule has 5 nitrogen and oxygen atoms in total. The third kappa shape index (κ3) is 3.04. The Hall–Kier alpha value is -1.75. The summed E-state index contributed by atoms with van der Waals surface area (Å²) in [7, 11) is 0. The van der Waals surface area contributed by atoms with Gasteiger partial charge in [0.1, 0.15) is 0 Å². The number of nitrogens with zero attached hydrogens (tertiary/aromatic N) is 1. The van der Waals surface area contributed by atoms with Crippen LogP contribution in [-0.2, 0) is 11.3 Å². The molecular weight excluding hydrogens is 258 g/mol. The Labute approximate surface area is 118 Å². The number of rotatable bonds is 5. The molecule has 2 N–H and O–H groups in total. The zero-order valence-electron chi connectivity index (χ0n) is 11.9. The molecule has 0 amide bonds. The lowest BCUT2D eigenvalue weighted by Crippen LogP contribution is -2.32. The van der Waals surface area contributed by atoms with Crippen LogP contribution in [0, 0.1) is 5.92 Å². The minimum Gasteiger partial charge on any atom is -0.504 e. The average molecular weight is 279 g/mol. The van der Waals surface area contributed by atoms with Gasteiger partial charge in [0, 0.05) is 12.6 Å². The molecule has 1 aromatic rings. The highest BCUT2D eigenvalue weighted by Crippen LogP contribution is 2.30. The number of ether oxygens (including phenoxy) is 1. The van der Waals surface area contributed by atoms with Crippen LogP contribution >= 0.6 is 0 Å². The molecule has 0 saturated carbocycles. The largest absolute Gasteiger partial charge is 0.504 e. The Bertz CT molecular complexity index is 489. The van der Waals surface area contributed by atoms with Crippen LogP contribution in [0.4, 0.5) is 0 Å². The van der Waals surface area contributed by atoms with Gasteiger partial charge in [-0.2, -0.15) is 0 Å². The molecule has 0 bridgehead atoms. The maximum absolute atomic E-state index is 11.1. The monoisotopic (exact) mass is 279 g/mol. The van der Waals surface area contributed by atoms with Crippen LogP contribution in [0.25, 0.3) is 0 Å². The van der Waals surface area contributed by atoms with E-state index in [-0.39, 0.29) is 17.7 Å². The molecule has 1 aliphatic rings. The highest BCUT2D eigenvalue weighted by Gasteiger charge is 2.35. The molecular formula is C15H21NO4. The van der Waals surface area contributed by atoms with Crippen molar-refractivity contribution >= 4 is 5.97 Å². The van der Waals surface area contributed by atoms with Crippen LogP contribution in [0.5, 0.6) is 11.5 Å². The second-order valence-corrected chi connectivity index (χ2v) is 5.18. The van der Waals surface area contributed by atoms with Crippen LogP contribution in [0.1, 0.15) is 25.8 Å². The molecule has 2 atom stereocenters. The molecule has 20 heavy (non-hydrogen) atoms. The number of carboxylic acids is 1. The van der Waals surface area contributed by atoms with E-state index in [1.54, 1.807) is 6.07 Å². The Morgan fingerprint density at radius 2 is 2.25 bits per heavy atom. The number of phenols is 1. The molecule has 0 aromatic heterocycles. The van der Waals surface area contributed by atoms with Gasteiger partial charge in [-0.15, -0.1) is 0 Å². The third-order valence-corrected chi connectivity index (χ3v) is 3.91. The summed E-state index contributed by atoms with van der Waals surface area (Å²) in [5.41, 5.74) is 1.02. The molecule has 0 spiro atoms. The summed E-state index contributed by atoms with van der Waals surface area (Å²) in [5.74, 6) is -0.403. The standard InChI is InChI=1S/C15H21NO4/c1-3-20-14-8-11(4-5-13(14)17)9-16-7-6-12(10(16)2)15(18)19/h4-5,8,10,12,17H,3,6-7,9H2,1-2H3,(H,18,19). The number of aliphatic carboxylic acids is 1. The van der Waals surface area contributed by atoms with Gasteiger partial charge < -0.3 is 14.9 Å². The average Bonchev–Trinajstić information content (AvgIpc) is 2.75. The van der Waals surface area contributed by atoms with Gasteiger partial charge in [0.25, 0.3) is 0 Å². The molecule has 1 heterocycles. The summed E-state index contributed by atoms with van der Waals surface area (Å²) >= 11 is 0. The van der Waals surface area contributed by atoms with E-state index in [1.165, 1.54) is 0 Å². The fraction of sp³-hybridized carbons (Fsp3) is 0.533. The Morgan fingerprint density at radius 1 is 1.50 bits per heavy atom. The number of hydrogen-bond donors (Lipinski definition) is 2. The van der Waals surface area contributed by atoms with Crippen LogP contribution in [0.15, 0.2) is 18.2 Å². The molecule has 5 heteroatoms. The normalized spacial score (nSPS) is 22.9. The van der Waals surface area contributed by atoms with Gasteiger partial charge in [-0.25, -0.2) is 0 Å². The van der Waals surface area contributed by atoms with E-state index in [2.05, 4.69) is 4.90 Å². The van der Waals surface area contributed by atoms with Crippen molar-refractivity contribution in [3.63, 3.8) is 0 Å². The van der Waals surface area contributed by atoms with Crippen molar-refractivity contribution in [1.29, 1.82) is 0 Å². The lowest BCUT2D eigenvalue weighted by molar-refractivity contribution is -0.142. The lowest BCUT2D eigenvalue weighted by Gasteiger charge is -2.23. The molecule has 2 unspecified atom stereocenters. The van der Waals surface area contributed by atoms with Crippen LogP contribution in [-0.4, -0.2) is 40.3 Å². The minimum absolute atomic E-state index is 0.0249. The van der Waals surface area contributed by atoms with E-state index in [0.29, 0.717) is 25.3 Å². The highest BCUT2D eigenvalue weighted by atomic mass is 16.5. The van der Waals surface area contributed by atoms with Gasteiger partial charge >= 0.3 is 5.97 Å². The van der Waals surface area contributed by atoms with Gasteiger partial charge in [-0.1, -0.05) is 6.07 Å². The molecule has 1 aliphatic heterocycles. The first-order chi connectivity index (χ1) is 9.52. The molecule has 1 saturated heterocycles. The quantitative estimate of drug-likeness (QED) is 0.863. The first kappa shape index (κ1) is 14.7. The zero-order chi connectivity index (χ0) is 14.7. The molecule has 0 radical (unpaired) electrons. The lowest BCUT2D eigenvalue weighted by atomic mass is 10.0. The van der Waals surface area contributed by atoms with E-state index in [0.717, 1.165) is 12.1 Å². The second-order valence-electron chi connectivity index (χ2n) is 5.18. The number of benzene rings is 1. The van der Waals surface area contributed by atoms with Crippen LogP contribution in [0.3, 0.4) is 0 Å². The van der Waals surface area contributed by atoms with Crippen molar-refractivity contribution in [1.82, 2.24) is 4.90 Å².